The molecule has 0 amide bonds. The van der Waals surface area contributed by atoms with E-state index in [4.69, 9.17) is 0 Å². The second kappa shape index (κ2) is 25.1. The number of aromatic nitrogens is 3. The fourth-order valence-corrected chi connectivity index (χ4v) is 1.06. The van der Waals surface area contributed by atoms with E-state index >= 15 is 0 Å². The first-order valence-electron chi connectivity index (χ1n) is 7.61. The minimum absolute atomic E-state index is 1.06. The smallest absolute Gasteiger partial charge is 0.0828 e. The summed E-state index contributed by atoms with van der Waals surface area (Å²) in [6.07, 6.45) is 2.23. The Hall–Kier alpha value is -0.860. The molecule has 1 aromatic rings. The van der Waals surface area contributed by atoms with Crippen molar-refractivity contribution in [2.45, 2.75) is 82.1 Å². The highest BCUT2D eigenvalue weighted by atomic mass is 15.4. The van der Waals surface area contributed by atoms with E-state index in [0.29, 0.717) is 0 Å². The Bertz CT molecular complexity index is 198. The first-order valence-corrected chi connectivity index (χ1v) is 7.61. The molecule has 0 fully saturated rings. The van der Waals surface area contributed by atoms with Gasteiger partial charge in [-0.15, -0.1) is 5.10 Å². The molecule has 1 aromatic heterocycles. The minimum atomic E-state index is 1.06. The van der Waals surface area contributed by atoms with E-state index < -0.39 is 0 Å². The Labute approximate surface area is 116 Å². The maximum Gasteiger partial charge on any atom is 0.0828 e. The van der Waals surface area contributed by atoms with Crippen LogP contribution in [0.15, 0.2) is 0 Å². The molecular formula is C15H37N3. The van der Waals surface area contributed by atoms with Crippen molar-refractivity contribution < 1.29 is 0 Å². The summed E-state index contributed by atoms with van der Waals surface area (Å²) in [5.74, 6) is 0. The van der Waals surface area contributed by atoms with Crippen LogP contribution in [0.2, 0.25) is 0 Å². The van der Waals surface area contributed by atoms with E-state index in [2.05, 4.69) is 17.2 Å². The molecule has 0 aliphatic carbocycles. The second-order valence-corrected chi connectivity index (χ2v) is 2.50. The summed E-state index contributed by atoms with van der Waals surface area (Å²) in [4.78, 5) is 0. The summed E-state index contributed by atoms with van der Waals surface area (Å²) >= 11 is 0. The van der Waals surface area contributed by atoms with Gasteiger partial charge in [-0.3, -0.25) is 4.68 Å². The zero-order valence-corrected chi connectivity index (χ0v) is 14.8. The van der Waals surface area contributed by atoms with Crippen molar-refractivity contribution in [1.29, 1.82) is 0 Å². The maximum atomic E-state index is 3.95. The first-order chi connectivity index (χ1) is 8.75. The summed E-state index contributed by atoms with van der Waals surface area (Å²) in [5.41, 5.74) is 2.31. The molecule has 0 N–H and O–H groups in total. The molecular weight excluding hydrogens is 222 g/mol. The Morgan fingerprint density at radius 3 is 1.50 bits per heavy atom. The molecule has 0 saturated carbocycles. The predicted molar refractivity (Wildman–Crippen MR) is 85.1 cm³/mol. The van der Waals surface area contributed by atoms with Crippen LogP contribution in [0.5, 0.6) is 0 Å². The largest absolute Gasteiger partial charge is 0.252 e. The van der Waals surface area contributed by atoms with E-state index in [9.17, 15) is 0 Å². The predicted octanol–water partition coefficient (Wildman–Crippen LogP) is 5.18. The Morgan fingerprint density at radius 1 is 0.889 bits per heavy atom. The summed E-state index contributed by atoms with van der Waals surface area (Å²) in [7, 11) is 1.94. The van der Waals surface area contributed by atoms with Gasteiger partial charge in [0.25, 0.3) is 0 Å². The van der Waals surface area contributed by atoms with Crippen LogP contribution in [0.25, 0.3) is 0 Å². The van der Waals surface area contributed by atoms with Crippen LogP contribution >= 0.6 is 0 Å². The summed E-state index contributed by atoms with van der Waals surface area (Å²) in [6.45, 7) is 20.2. The van der Waals surface area contributed by atoms with Gasteiger partial charge in [-0.05, 0) is 13.3 Å². The molecule has 0 bridgehead atoms. The fourth-order valence-electron chi connectivity index (χ4n) is 1.06. The molecule has 0 aliphatic heterocycles. The lowest BCUT2D eigenvalue weighted by molar-refractivity contribution is 0.669. The second-order valence-electron chi connectivity index (χ2n) is 2.50. The van der Waals surface area contributed by atoms with Gasteiger partial charge in [-0.25, -0.2) is 0 Å². The molecule has 0 aromatic carbocycles. The number of nitrogens with zero attached hydrogens (tertiary/aromatic N) is 3. The summed E-state index contributed by atoms with van der Waals surface area (Å²) in [6, 6.07) is 0. The van der Waals surface area contributed by atoms with Crippen molar-refractivity contribution in [3.05, 3.63) is 11.4 Å². The number of rotatable bonds is 2. The average Bonchev–Trinajstić information content (AvgIpc) is 2.80. The van der Waals surface area contributed by atoms with E-state index in [1.165, 1.54) is 5.69 Å². The van der Waals surface area contributed by atoms with Crippen LogP contribution in [0.3, 0.4) is 0 Å². The molecule has 1 rings (SSSR count). The minimum Gasteiger partial charge on any atom is -0.252 e. The van der Waals surface area contributed by atoms with Crippen molar-refractivity contribution in [3.8, 4) is 0 Å². The van der Waals surface area contributed by atoms with Crippen LogP contribution < -0.4 is 0 Å². The lowest BCUT2D eigenvalue weighted by Gasteiger charge is -1.96. The molecule has 1 heterocycles. The third kappa shape index (κ3) is 13.2. The zero-order valence-electron chi connectivity index (χ0n) is 14.8. The van der Waals surface area contributed by atoms with E-state index in [-0.39, 0.29) is 0 Å². The monoisotopic (exact) mass is 259 g/mol. The summed E-state index contributed by atoms with van der Waals surface area (Å²) < 4.78 is 1.85. The highest BCUT2D eigenvalue weighted by Gasteiger charge is 2.02. The van der Waals surface area contributed by atoms with Crippen molar-refractivity contribution in [1.82, 2.24) is 15.0 Å². The molecule has 18 heavy (non-hydrogen) atoms. The summed E-state index contributed by atoms with van der Waals surface area (Å²) in [5, 5.41) is 7.85. The van der Waals surface area contributed by atoms with Gasteiger partial charge in [-0.1, -0.05) is 73.9 Å². The standard InChI is InChI=1S/C7H13N3.4C2H6/c1-4-5-7-6(2)8-9-10(7)3;4*1-2/h4-5H2,1-3H3;4*1-2H3. The molecule has 0 radical (unpaired) electrons. The van der Waals surface area contributed by atoms with Crippen LogP contribution in [0, 0.1) is 6.92 Å². The van der Waals surface area contributed by atoms with Gasteiger partial charge in [0.05, 0.1) is 11.4 Å². The molecule has 0 spiro atoms. The molecule has 0 atom stereocenters. The maximum absolute atomic E-state index is 3.95. The lowest BCUT2D eigenvalue weighted by atomic mass is 10.2. The van der Waals surface area contributed by atoms with Gasteiger partial charge in [0.15, 0.2) is 0 Å². The Morgan fingerprint density at radius 2 is 1.28 bits per heavy atom. The third-order valence-electron chi connectivity index (χ3n) is 1.62. The molecule has 0 unspecified atom stereocenters. The first kappa shape index (κ1) is 25.9. The normalized spacial score (nSPS) is 7.06. The van der Waals surface area contributed by atoms with Crippen molar-refractivity contribution in [2.75, 3.05) is 0 Å². The van der Waals surface area contributed by atoms with Gasteiger partial charge in [0.1, 0.15) is 0 Å². The molecule has 3 heteroatoms. The Kier molecular flexibility index (Phi) is 36.1. The van der Waals surface area contributed by atoms with Crippen LogP contribution in [-0.4, -0.2) is 15.0 Å². The number of aryl methyl sites for hydroxylation is 2. The number of hydrogen-bond acceptors (Lipinski definition) is 2. The highest BCUT2D eigenvalue weighted by molar-refractivity contribution is 5.07. The van der Waals surface area contributed by atoms with Gasteiger partial charge >= 0.3 is 0 Å². The molecule has 3 nitrogen and oxygen atoms in total. The Balaban J connectivity index is -0.000000105. The molecule has 0 saturated heterocycles. The van der Waals surface area contributed by atoms with Crippen molar-refractivity contribution in [3.63, 3.8) is 0 Å². The fraction of sp³-hybridized carbons (Fsp3) is 0.867. The third-order valence-corrected chi connectivity index (χ3v) is 1.62. The van der Waals surface area contributed by atoms with Gasteiger partial charge in [-0.2, -0.15) is 0 Å². The van der Waals surface area contributed by atoms with E-state index in [0.717, 1.165) is 18.5 Å². The average molecular weight is 259 g/mol. The lowest BCUT2D eigenvalue weighted by Crippen LogP contribution is -1.98. The SMILES string of the molecule is CC.CC.CC.CC.CCCc1c(C)nnn1C. The topological polar surface area (TPSA) is 30.7 Å². The highest BCUT2D eigenvalue weighted by Crippen LogP contribution is 2.04. The van der Waals surface area contributed by atoms with Crippen molar-refractivity contribution >= 4 is 0 Å². The quantitative estimate of drug-likeness (QED) is 0.732. The molecule has 112 valence electrons. The van der Waals surface area contributed by atoms with Crippen LogP contribution in [-0.2, 0) is 13.5 Å². The molecule has 0 aliphatic rings. The van der Waals surface area contributed by atoms with Crippen molar-refractivity contribution in [2.24, 2.45) is 7.05 Å². The van der Waals surface area contributed by atoms with Crippen LogP contribution in [0.4, 0.5) is 0 Å². The number of hydrogen-bond donors (Lipinski definition) is 0. The van der Waals surface area contributed by atoms with Crippen LogP contribution in [0.1, 0.15) is 80.1 Å². The van der Waals surface area contributed by atoms with Gasteiger partial charge < -0.3 is 0 Å². The van der Waals surface area contributed by atoms with Gasteiger partial charge in [0.2, 0.25) is 0 Å². The van der Waals surface area contributed by atoms with E-state index in [1.54, 1.807) is 0 Å². The zero-order chi connectivity index (χ0) is 15.6. The van der Waals surface area contributed by atoms with E-state index in [1.807, 2.05) is 74.0 Å². The van der Waals surface area contributed by atoms with Gasteiger partial charge in [0, 0.05) is 7.05 Å².